The van der Waals surface area contributed by atoms with Gasteiger partial charge in [0.2, 0.25) is 6.41 Å². The molecule has 3 aromatic rings. The highest BCUT2D eigenvalue weighted by Gasteiger charge is 2.30. The Labute approximate surface area is 242 Å². The minimum absolute atomic E-state index is 0.00816. The van der Waals surface area contributed by atoms with Gasteiger partial charge in [-0.15, -0.1) is 21.5 Å². The lowest BCUT2D eigenvalue weighted by molar-refractivity contribution is -0.109. The number of hydrogen-bond donors (Lipinski definition) is 2. The lowest BCUT2D eigenvalue weighted by atomic mass is 10.00. The van der Waals surface area contributed by atoms with E-state index in [1.807, 2.05) is 31.2 Å². The van der Waals surface area contributed by atoms with Crippen molar-refractivity contribution in [3.05, 3.63) is 62.5 Å². The van der Waals surface area contributed by atoms with Crippen LogP contribution in [0.1, 0.15) is 93.1 Å². The number of benzene rings is 1. The summed E-state index contributed by atoms with van der Waals surface area (Å²) in [7, 11) is 0. The molecule has 7 nitrogen and oxygen atoms in total. The second kappa shape index (κ2) is 15.9. The second-order valence-electron chi connectivity index (χ2n) is 10.5. The van der Waals surface area contributed by atoms with Crippen molar-refractivity contribution >= 4 is 35.1 Å². The van der Waals surface area contributed by atoms with Gasteiger partial charge in [0.1, 0.15) is 16.9 Å². The van der Waals surface area contributed by atoms with E-state index in [2.05, 4.69) is 68.5 Å². The third-order valence-corrected chi connectivity index (χ3v) is 7.84. The molecule has 1 atom stereocenters. The van der Waals surface area contributed by atoms with Crippen LogP contribution in [0.3, 0.4) is 0 Å². The molecular formula is C30H44ClN5O2S. The number of aliphatic hydroxyl groups is 1. The summed E-state index contributed by atoms with van der Waals surface area (Å²) in [5.74, 6) is 3.16. The Balaban J connectivity index is 0.000000317. The lowest BCUT2D eigenvalue weighted by Crippen LogP contribution is -2.13. The number of thiophene rings is 1. The van der Waals surface area contributed by atoms with Crippen molar-refractivity contribution in [2.45, 2.75) is 80.7 Å². The quantitative estimate of drug-likeness (QED) is 0.224. The molecule has 1 aliphatic heterocycles. The predicted molar refractivity (Wildman–Crippen MR) is 164 cm³/mol. The number of carbonyl (C=O) groups is 1. The van der Waals surface area contributed by atoms with Crippen molar-refractivity contribution in [2.24, 2.45) is 16.8 Å². The zero-order valence-corrected chi connectivity index (χ0v) is 26.2. The van der Waals surface area contributed by atoms with Crippen LogP contribution in [-0.2, 0) is 4.79 Å². The van der Waals surface area contributed by atoms with Crippen molar-refractivity contribution in [2.75, 3.05) is 13.2 Å². The Morgan fingerprint density at radius 3 is 2.23 bits per heavy atom. The van der Waals surface area contributed by atoms with E-state index in [1.165, 1.54) is 16.0 Å². The van der Waals surface area contributed by atoms with E-state index in [0.717, 1.165) is 65.2 Å². The Bertz CT molecular complexity index is 1210. The largest absolute Gasteiger partial charge is 0.396 e. The van der Waals surface area contributed by atoms with Gasteiger partial charge in [-0.05, 0) is 69.6 Å². The molecule has 3 heterocycles. The Hall–Kier alpha value is -2.55. The van der Waals surface area contributed by atoms with Crippen molar-refractivity contribution in [3.63, 3.8) is 0 Å². The molecule has 0 fully saturated rings. The van der Waals surface area contributed by atoms with Crippen molar-refractivity contribution < 1.29 is 9.90 Å². The van der Waals surface area contributed by atoms with Crippen LogP contribution in [0, 0.1) is 32.6 Å². The van der Waals surface area contributed by atoms with E-state index in [4.69, 9.17) is 21.7 Å². The molecule has 0 radical (unpaired) electrons. The van der Waals surface area contributed by atoms with Crippen LogP contribution < -0.4 is 5.32 Å². The smallest absolute Gasteiger partial charge is 0.207 e. The Morgan fingerprint density at radius 1 is 1.08 bits per heavy atom. The molecular weight excluding hydrogens is 530 g/mol. The topological polar surface area (TPSA) is 92.4 Å². The number of amides is 1. The van der Waals surface area contributed by atoms with Gasteiger partial charge >= 0.3 is 0 Å². The molecule has 0 aliphatic carbocycles. The summed E-state index contributed by atoms with van der Waals surface area (Å²) in [5.41, 5.74) is 4.56. The molecule has 0 saturated carbocycles. The van der Waals surface area contributed by atoms with Crippen LogP contribution >= 0.6 is 22.9 Å². The minimum atomic E-state index is -0.00816. The summed E-state index contributed by atoms with van der Waals surface area (Å²) < 4.78 is 2.18. The van der Waals surface area contributed by atoms with Gasteiger partial charge in [-0.3, -0.25) is 14.4 Å². The van der Waals surface area contributed by atoms with E-state index in [9.17, 15) is 4.79 Å². The number of aromatic nitrogens is 3. The van der Waals surface area contributed by atoms with Gasteiger partial charge in [0.05, 0.1) is 5.71 Å². The fraction of sp³-hybridized carbons (Fsp3) is 0.533. The highest BCUT2D eigenvalue weighted by Crippen LogP contribution is 2.39. The molecule has 2 N–H and O–H groups in total. The standard InChI is InChI=1S/C19H19ClN4S.C6H13NO.C5H12O/c1-5-15-18-23-22-12(4)24(18)19-16(10(2)11(3)25-19)17(21-15)13-6-8-14(20)9-7-13;1-6(2)3-4-7-5-8;1-5(2)3-4-6/h6-9,15H,5H2,1-4H3;5-6H,3-4H2,1-2H3,(H,7,8);5-6H,3-4H2,1-2H3/t15-;;/m0../s1. The number of nitrogens with zero attached hydrogens (tertiary/aromatic N) is 4. The van der Waals surface area contributed by atoms with Gasteiger partial charge in [-0.25, -0.2) is 0 Å². The third kappa shape index (κ3) is 8.98. The normalized spacial score (nSPS) is 13.8. The van der Waals surface area contributed by atoms with Crippen molar-refractivity contribution in [3.8, 4) is 5.00 Å². The molecule has 214 valence electrons. The fourth-order valence-corrected chi connectivity index (χ4v) is 5.30. The highest BCUT2D eigenvalue weighted by atomic mass is 35.5. The van der Waals surface area contributed by atoms with Gasteiger partial charge in [-0.2, -0.15) is 0 Å². The number of halogens is 1. The molecule has 9 heteroatoms. The molecule has 1 amide bonds. The summed E-state index contributed by atoms with van der Waals surface area (Å²) >= 11 is 7.87. The maximum Gasteiger partial charge on any atom is 0.207 e. The molecule has 39 heavy (non-hydrogen) atoms. The number of nitrogens with one attached hydrogen (secondary N) is 1. The van der Waals surface area contributed by atoms with E-state index in [0.29, 0.717) is 18.4 Å². The third-order valence-electron chi connectivity index (χ3n) is 6.40. The van der Waals surface area contributed by atoms with E-state index < -0.39 is 0 Å². The summed E-state index contributed by atoms with van der Waals surface area (Å²) in [6, 6.07) is 7.92. The van der Waals surface area contributed by atoms with Crippen LogP contribution in [0.25, 0.3) is 5.00 Å². The van der Waals surface area contributed by atoms with E-state index in [1.54, 1.807) is 11.3 Å². The minimum Gasteiger partial charge on any atom is -0.396 e. The maximum atomic E-state index is 9.68. The zero-order chi connectivity index (χ0) is 29.1. The van der Waals surface area contributed by atoms with Crippen molar-refractivity contribution in [1.29, 1.82) is 0 Å². The molecule has 0 saturated heterocycles. The predicted octanol–water partition coefficient (Wildman–Crippen LogP) is 7.01. The summed E-state index contributed by atoms with van der Waals surface area (Å²) in [5, 5.41) is 21.5. The Morgan fingerprint density at radius 2 is 1.72 bits per heavy atom. The second-order valence-corrected chi connectivity index (χ2v) is 12.1. The molecule has 2 aromatic heterocycles. The molecule has 1 aliphatic rings. The van der Waals surface area contributed by atoms with Crippen LogP contribution in [0.5, 0.6) is 0 Å². The van der Waals surface area contributed by atoms with Crippen molar-refractivity contribution in [1.82, 2.24) is 20.1 Å². The number of aryl methyl sites for hydroxylation is 2. The average Bonchev–Trinajstić information content (AvgIpc) is 3.35. The number of aliphatic hydroxyl groups excluding tert-OH is 1. The first-order valence-electron chi connectivity index (χ1n) is 13.7. The Kier molecular flexibility index (Phi) is 13.3. The van der Waals surface area contributed by atoms with Gasteiger partial charge in [0, 0.05) is 34.2 Å². The summed E-state index contributed by atoms with van der Waals surface area (Å²) in [6.07, 6.45) is 3.61. The first-order valence-corrected chi connectivity index (χ1v) is 14.9. The molecule has 4 rings (SSSR count). The number of rotatable bonds is 8. The number of carbonyl (C=O) groups excluding carboxylic acids is 1. The van der Waals surface area contributed by atoms with E-state index >= 15 is 0 Å². The van der Waals surface area contributed by atoms with Gasteiger partial charge < -0.3 is 10.4 Å². The molecule has 0 bridgehead atoms. The van der Waals surface area contributed by atoms with Gasteiger partial charge in [0.25, 0.3) is 0 Å². The SMILES string of the molecule is CC(C)CCNC=O.CC(C)CCO.CC[C@@H]1N=C(c2ccc(Cl)cc2)c2c(sc(C)c2C)-n2c(C)nnc21. The number of hydrogen-bond acceptors (Lipinski definition) is 6. The zero-order valence-electron chi connectivity index (χ0n) is 24.6. The number of fused-ring (bicyclic) bond motifs is 3. The molecule has 1 aromatic carbocycles. The van der Waals surface area contributed by atoms with Crippen LogP contribution in [0.2, 0.25) is 5.02 Å². The van der Waals surface area contributed by atoms with Gasteiger partial charge in [-0.1, -0.05) is 58.4 Å². The summed E-state index contributed by atoms with van der Waals surface area (Å²) in [4.78, 5) is 16.1. The monoisotopic (exact) mass is 573 g/mol. The lowest BCUT2D eigenvalue weighted by Gasteiger charge is -2.10. The van der Waals surface area contributed by atoms with Gasteiger partial charge in [0.15, 0.2) is 5.82 Å². The highest BCUT2D eigenvalue weighted by molar-refractivity contribution is 7.15. The van der Waals surface area contributed by atoms with Crippen LogP contribution in [0.4, 0.5) is 0 Å². The van der Waals surface area contributed by atoms with Crippen LogP contribution in [0.15, 0.2) is 29.3 Å². The maximum absolute atomic E-state index is 9.68. The first kappa shape index (κ1) is 32.7. The first-order chi connectivity index (χ1) is 18.5. The molecule has 0 spiro atoms. The fourth-order valence-electron chi connectivity index (χ4n) is 3.96. The summed E-state index contributed by atoms with van der Waals surface area (Å²) in [6.45, 7) is 18.1. The molecule has 0 unspecified atom stereocenters. The van der Waals surface area contributed by atoms with E-state index in [-0.39, 0.29) is 6.04 Å². The average molecular weight is 574 g/mol. The number of aliphatic imine (C=N–C) groups is 1. The van der Waals surface area contributed by atoms with Crippen LogP contribution in [-0.4, -0.2) is 45.1 Å².